The molecule has 1 heterocycles. The molecule has 4 aromatic carbocycles. The summed E-state index contributed by atoms with van der Waals surface area (Å²) in [5.41, 5.74) is 4.60. The first-order chi connectivity index (χ1) is 15.4. The summed E-state index contributed by atoms with van der Waals surface area (Å²) in [4.78, 5) is 5.10. The van der Waals surface area contributed by atoms with Crippen LogP contribution in [0.2, 0.25) is 0 Å². The second kappa shape index (κ2) is 8.88. The Hall–Kier alpha value is -3.85. The Bertz CT molecular complexity index is 1210. The summed E-state index contributed by atoms with van der Waals surface area (Å²) in [6.45, 7) is 1.30. The lowest BCUT2D eigenvalue weighted by molar-refractivity contribution is 0.298. The molecule has 0 saturated carbocycles. The highest BCUT2D eigenvalue weighted by atomic mass is 16.5. The molecular weight excluding hydrogens is 380 g/mol. The summed E-state index contributed by atoms with van der Waals surface area (Å²) in [6.07, 6.45) is 0. The summed E-state index contributed by atoms with van der Waals surface area (Å²) in [7, 11) is 0. The molecule has 0 N–H and O–H groups in total. The highest BCUT2D eigenvalue weighted by Crippen LogP contribution is 2.33. The summed E-state index contributed by atoms with van der Waals surface area (Å²) < 4.78 is 8.33. The maximum atomic E-state index is 6.03. The van der Waals surface area contributed by atoms with E-state index >= 15 is 0 Å². The van der Waals surface area contributed by atoms with Crippen molar-refractivity contribution in [1.29, 1.82) is 0 Å². The molecule has 0 spiro atoms. The van der Waals surface area contributed by atoms with Gasteiger partial charge in [0, 0.05) is 0 Å². The highest BCUT2D eigenvalue weighted by Gasteiger charge is 2.23. The maximum absolute atomic E-state index is 6.03. The lowest BCUT2D eigenvalue weighted by Gasteiger charge is -2.20. The minimum Gasteiger partial charge on any atom is -0.492 e. The quantitative estimate of drug-likeness (QED) is 0.318. The van der Waals surface area contributed by atoms with Gasteiger partial charge < -0.3 is 9.30 Å². The van der Waals surface area contributed by atoms with E-state index in [9.17, 15) is 0 Å². The fourth-order valence-corrected chi connectivity index (χ4v) is 4.10. The van der Waals surface area contributed by atoms with E-state index in [1.54, 1.807) is 0 Å². The third kappa shape index (κ3) is 4.08. The van der Waals surface area contributed by atoms with Crippen molar-refractivity contribution in [2.45, 2.75) is 12.5 Å². The largest absolute Gasteiger partial charge is 0.492 e. The van der Waals surface area contributed by atoms with Crippen LogP contribution in [-0.2, 0) is 6.54 Å². The fourth-order valence-electron chi connectivity index (χ4n) is 4.10. The molecule has 3 nitrogen and oxygen atoms in total. The number of nitrogens with zero attached hydrogens (tertiary/aromatic N) is 2. The van der Waals surface area contributed by atoms with Crippen LogP contribution in [0, 0.1) is 0 Å². The number of aromatic nitrogens is 2. The van der Waals surface area contributed by atoms with Crippen LogP contribution >= 0.6 is 0 Å². The van der Waals surface area contributed by atoms with Crippen molar-refractivity contribution in [2.24, 2.45) is 0 Å². The van der Waals surface area contributed by atoms with Crippen molar-refractivity contribution >= 4 is 11.0 Å². The van der Waals surface area contributed by atoms with Crippen LogP contribution in [0.5, 0.6) is 5.75 Å². The Morgan fingerprint density at radius 3 is 1.84 bits per heavy atom. The van der Waals surface area contributed by atoms with Gasteiger partial charge in [0.25, 0.3) is 0 Å². The van der Waals surface area contributed by atoms with Gasteiger partial charge in [-0.15, -0.1) is 0 Å². The van der Waals surface area contributed by atoms with Crippen LogP contribution in [-0.4, -0.2) is 16.2 Å². The summed E-state index contributed by atoms with van der Waals surface area (Å²) in [5, 5.41) is 0. The van der Waals surface area contributed by atoms with Gasteiger partial charge in [-0.2, -0.15) is 0 Å². The van der Waals surface area contributed by atoms with E-state index in [0.29, 0.717) is 6.61 Å². The summed E-state index contributed by atoms with van der Waals surface area (Å²) in [5.74, 6) is 1.97. The highest BCUT2D eigenvalue weighted by molar-refractivity contribution is 5.76. The third-order valence-corrected chi connectivity index (χ3v) is 5.53. The Morgan fingerprint density at radius 2 is 1.19 bits per heavy atom. The zero-order valence-corrected chi connectivity index (χ0v) is 17.3. The van der Waals surface area contributed by atoms with Gasteiger partial charge in [0.2, 0.25) is 0 Å². The number of para-hydroxylation sites is 3. The minimum absolute atomic E-state index is 0.0477. The van der Waals surface area contributed by atoms with Gasteiger partial charge in [-0.1, -0.05) is 91.0 Å². The molecule has 0 fully saturated rings. The molecule has 0 unspecified atom stereocenters. The predicted molar refractivity (Wildman–Crippen MR) is 125 cm³/mol. The first kappa shape index (κ1) is 19.1. The minimum atomic E-state index is 0.0477. The van der Waals surface area contributed by atoms with Crippen molar-refractivity contribution in [2.75, 3.05) is 6.61 Å². The molecule has 0 aliphatic rings. The second-order valence-electron chi connectivity index (χ2n) is 7.53. The van der Waals surface area contributed by atoms with Gasteiger partial charge in [-0.05, 0) is 35.4 Å². The van der Waals surface area contributed by atoms with E-state index in [-0.39, 0.29) is 5.92 Å². The molecule has 0 atom stereocenters. The molecule has 3 heteroatoms. The number of benzene rings is 4. The third-order valence-electron chi connectivity index (χ3n) is 5.53. The molecule has 5 rings (SSSR count). The Labute approximate surface area is 182 Å². The van der Waals surface area contributed by atoms with E-state index in [0.717, 1.165) is 29.2 Å². The van der Waals surface area contributed by atoms with E-state index < -0.39 is 0 Å². The monoisotopic (exact) mass is 404 g/mol. The van der Waals surface area contributed by atoms with Crippen LogP contribution in [0.3, 0.4) is 0 Å². The lowest BCUT2D eigenvalue weighted by Crippen LogP contribution is -2.15. The summed E-state index contributed by atoms with van der Waals surface area (Å²) in [6, 6.07) is 39.5. The lowest BCUT2D eigenvalue weighted by atomic mass is 9.90. The number of hydrogen-bond donors (Lipinski definition) is 0. The van der Waals surface area contributed by atoms with Crippen molar-refractivity contribution in [3.63, 3.8) is 0 Å². The maximum Gasteiger partial charge on any atom is 0.122 e. The SMILES string of the molecule is c1ccc(OCCn2c(C(c3ccccc3)c3ccccc3)nc3ccccc32)cc1. The molecule has 0 aliphatic carbocycles. The van der Waals surface area contributed by atoms with Crippen molar-refractivity contribution < 1.29 is 4.74 Å². The molecule has 0 bridgehead atoms. The Balaban J connectivity index is 1.58. The molecule has 152 valence electrons. The van der Waals surface area contributed by atoms with E-state index in [1.165, 1.54) is 11.1 Å². The van der Waals surface area contributed by atoms with E-state index in [2.05, 4.69) is 83.4 Å². The average Bonchev–Trinajstić information content (AvgIpc) is 3.19. The van der Waals surface area contributed by atoms with Gasteiger partial charge in [0.05, 0.1) is 23.5 Å². The van der Waals surface area contributed by atoms with Gasteiger partial charge in [0.15, 0.2) is 0 Å². The smallest absolute Gasteiger partial charge is 0.122 e. The number of rotatable bonds is 7. The first-order valence-electron chi connectivity index (χ1n) is 10.6. The molecule has 31 heavy (non-hydrogen) atoms. The number of ether oxygens (including phenoxy) is 1. The average molecular weight is 405 g/mol. The van der Waals surface area contributed by atoms with Crippen molar-refractivity contribution in [1.82, 2.24) is 9.55 Å². The zero-order valence-electron chi connectivity index (χ0n) is 17.3. The molecule has 5 aromatic rings. The zero-order chi connectivity index (χ0) is 20.9. The molecular formula is C28H24N2O. The standard InChI is InChI=1S/C28H24N2O/c1-4-12-22(13-5-1)27(23-14-6-2-7-15-23)28-29-25-18-10-11-19-26(25)30(28)20-21-31-24-16-8-3-9-17-24/h1-19,27H,20-21H2. The molecule has 0 saturated heterocycles. The van der Waals surface area contributed by atoms with Crippen LogP contribution in [0.15, 0.2) is 115 Å². The fraction of sp³-hybridized carbons (Fsp3) is 0.107. The van der Waals surface area contributed by atoms with Crippen molar-refractivity contribution in [3.05, 3.63) is 132 Å². The van der Waals surface area contributed by atoms with Crippen LogP contribution in [0.25, 0.3) is 11.0 Å². The van der Waals surface area contributed by atoms with Crippen molar-refractivity contribution in [3.8, 4) is 5.75 Å². The Kier molecular flexibility index (Phi) is 5.48. The second-order valence-corrected chi connectivity index (χ2v) is 7.53. The Morgan fingerprint density at radius 1 is 0.645 bits per heavy atom. The predicted octanol–water partition coefficient (Wildman–Crippen LogP) is 6.30. The van der Waals surface area contributed by atoms with E-state index in [4.69, 9.17) is 9.72 Å². The molecule has 0 aliphatic heterocycles. The van der Waals surface area contributed by atoms with Gasteiger partial charge in [-0.25, -0.2) is 4.98 Å². The summed E-state index contributed by atoms with van der Waals surface area (Å²) >= 11 is 0. The van der Waals surface area contributed by atoms with Crippen LogP contribution in [0.1, 0.15) is 22.9 Å². The van der Waals surface area contributed by atoms with Gasteiger partial charge >= 0.3 is 0 Å². The normalized spacial score (nSPS) is 11.1. The van der Waals surface area contributed by atoms with E-state index in [1.807, 2.05) is 36.4 Å². The number of fused-ring (bicyclic) bond motifs is 1. The topological polar surface area (TPSA) is 27.1 Å². The number of imidazole rings is 1. The van der Waals surface area contributed by atoms with Crippen LogP contribution < -0.4 is 4.74 Å². The van der Waals surface area contributed by atoms with Gasteiger partial charge in [-0.3, -0.25) is 0 Å². The molecule has 0 amide bonds. The first-order valence-corrected chi connectivity index (χ1v) is 10.6. The molecule has 0 radical (unpaired) electrons. The molecule has 1 aromatic heterocycles. The number of hydrogen-bond acceptors (Lipinski definition) is 2. The van der Waals surface area contributed by atoms with Gasteiger partial charge in [0.1, 0.15) is 18.2 Å². The van der Waals surface area contributed by atoms with Crippen LogP contribution in [0.4, 0.5) is 0 Å².